The number of para-hydroxylation sites is 3. The molecule has 274 valence electrons. The van der Waals surface area contributed by atoms with E-state index in [-0.39, 0.29) is 11.5 Å². The zero-order valence-corrected chi connectivity index (χ0v) is 32.0. The first-order valence-electron chi connectivity index (χ1n) is 20.1. The van der Waals surface area contributed by atoms with Crippen LogP contribution in [0.1, 0.15) is 12.5 Å². The Morgan fingerprint density at radius 1 is 0.448 bits per heavy atom. The summed E-state index contributed by atoms with van der Waals surface area (Å²) in [5.41, 5.74) is 16.3. The van der Waals surface area contributed by atoms with Crippen molar-refractivity contribution in [3.05, 3.63) is 212 Å². The van der Waals surface area contributed by atoms with Gasteiger partial charge in [0.25, 0.3) is 0 Å². The SMILES string of the molecule is CC12C=CC=CC1N(c1ccccc1)c1cc(-c3ccc4c5ccccc5n(-c5ccc(-c6ccc(-c7ccc8oc9ccccc9c8c7)cc6)cc5)c4c3)ccc12. The number of benzene rings is 8. The van der Waals surface area contributed by atoms with Crippen molar-refractivity contribution in [2.24, 2.45) is 0 Å². The smallest absolute Gasteiger partial charge is 0.135 e. The Kier molecular flexibility index (Phi) is 7.12. The fourth-order valence-corrected chi connectivity index (χ4v) is 9.72. The first-order chi connectivity index (χ1) is 28.6. The van der Waals surface area contributed by atoms with Crippen molar-refractivity contribution in [2.75, 3.05) is 4.90 Å². The van der Waals surface area contributed by atoms with E-state index in [9.17, 15) is 0 Å². The lowest BCUT2D eigenvalue weighted by Gasteiger charge is -2.34. The van der Waals surface area contributed by atoms with Gasteiger partial charge in [-0.1, -0.05) is 146 Å². The average molecular weight is 743 g/mol. The molecular weight excluding hydrogens is 705 g/mol. The van der Waals surface area contributed by atoms with Crippen LogP contribution < -0.4 is 4.90 Å². The number of aromatic nitrogens is 1. The minimum Gasteiger partial charge on any atom is -0.456 e. The Hall–Kier alpha value is -7.36. The standard InChI is InChI=1S/C55H38N2O/c1-55-32-10-9-17-54(55)57(42-11-3-2-4-12-42)51-35-41(25-30-48(51)55)40-24-29-45-44-13-5-7-15-49(44)56(50(45)34-40)43-27-22-37(23-28-43)36-18-20-38(21-19-36)39-26-31-53-47(33-39)46-14-6-8-16-52(46)58-53/h2-35,54H,1H3. The van der Waals surface area contributed by atoms with E-state index < -0.39 is 0 Å². The zero-order valence-electron chi connectivity index (χ0n) is 32.0. The predicted octanol–water partition coefficient (Wildman–Crippen LogP) is 14.6. The van der Waals surface area contributed by atoms with Gasteiger partial charge in [0, 0.05) is 44.0 Å². The predicted molar refractivity (Wildman–Crippen MR) is 242 cm³/mol. The highest BCUT2D eigenvalue weighted by molar-refractivity contribution is 6.10. The molecule has 0 radical (unpaired) electrons. The highest BCUT2D eigenvalue weighted by Crippen LogP contribution is 2.52. The van der Waals surface area contributed by atoms with Crippen LogP contribution in [0.15, 0.2) is 211 Å². The molecular formula is C55H38N2O. The zero-order chi connectivity index (χ0) is 38.4. The van der Waals surface area contributed by atoms with Crippen molar-refractivity contribution in [1.82, 2.24) is 4.57 Å². The van der Waals surface area contributed by atoms with E-state index in [0.717, 1.165) is 27.6 Å². The molecule has 0 spiro atoms. The van der Waals surface area contributed by atoms with Gasteiger partial charge in [0.1, 0.15) is 11.2 Å². The molecule has 1 aliphatic carbocycles. The van der Waals surface area contributed by atoms with Crippen LogP contribution in [0.3, 0.4) is 0 Å². The quantitative estimate of drug-likeness (QED) is 0.175. The number of anilines is 2. The Bertz CT molecular complexity index is 3290. The second-order valence-corrected chi connectivity index (χ2v) is 15.9. The number of furan rings is 1. The van der Waals surface area contributed by atoms with Crippen LogP contribution in [-0.4, -0.2) is 10.6 Å². The van der Waals surface area contributed by atoms with Gasteiger partial charge >= 0.3 is 0 Å². The molecule has 2 aromatic heterocycles. The molecule has 0 N–H and O–H groups in total. The molecule has 0 saturated carbocycles. The second kappa shape index (κ2) is 12.6. The number of allylic oxidation sites excluding steroid dienone is 2. The molecule has 0 fully saturated rings. The third-order valence-corrected chi connectivity index (χ3v) is 12.7. The molecule has 0 saturated heterocycles. The van der Waals surface area contributed by atoms with E-state index >= 15 is 0 Å². The van der Waals surface area contributed by atoms with Crippen LogP contribution in [-0.2, 0) is 5.41 Å². The highest BCUT2D eigenvalue weighted by atomic mass is 16.3. The van der Waals surface area contributed by atoms with E-state index in [0.29, 0.717) is 0 Å². The molecule has 3 heterocycles. The Labute approximate surface area is 337 Å². The number of nitrogens with zero attached hydrogens (tertiary/aromatic N) is 2. The first kappa shape index (κ1) is 32.8. The van der Waals surface area contributed by atoms with Gasteiger partial charge in [0.15, 0.2) is 0 Å². The summed E-state index contributed by atoms with van der Waals surface area (Å²) in [6.07, 6.45) is 9.11. The van der Waals surface area contributed by atoms with Gasteiger partial charge in [0.05, 0.1) is 17.1 Å². The third-order valence-electron chi connectivity index (χ3n) is 12.7. The third kappa shape index (κ3) is 4.93. The van der Waals surface area contributed by atoms with Gasteiger partial charge in [-0.3, -0.25) is 0 Å². The molecule has 2 atom stereocenters. The van der Waals surface area contributed by atoms with Crippen LogP contribution >= 0.6 is 0 Å². The molecule has 58 heavy (non-hydrogen) atoms. The summed E-state index contributed by atoms with van der Waals surface area (Å²) in [5.74, 6) is 0. The monoisotopic (exact) mass is 742 g/mol. The molecule has 10 aromatic rings. The molecule has 0 amide bonds. The maximum atomic E-state index is 6.07. The minimum absolute atomic E-state index is 0.103. The summed E-state index contributed by atoms with van der Waals surface area (Å²) >= 11 is 0. The normalized spacial score (nSPS) is 17.1. The van der Waals surface area contributed by atoms with E-state index in [1.54, 1.807) is 0 Å². The fraction of sp³-hybridized carbons (Fsp3) is 0.0545. The lowest BCUT2D eigenvalue weighted by molar-refractivity contribution is 0.551. The summed E-state index contributed by atoms with van der Waals surface area (Å²) in [4.78, 5) is 2.52. The largest absolute Gasteiger partial charge is 0.456 e. The Morgan fingerprint density at radius 2 is 1.05 bits per heavy atom. The summed E-state index contributed by atoms with van der Waals surface area (Å²) in [5, 5.41) is 4.80. The van der Waals surface area contributed by atoms with Crippen molar-refractivity contribution in [2.45, 2.75) is 18.4 Å². The second-order valence-electron chi connectivity index (χ2n) is 15.9. The maximum Gasteiger partial charge on any atom is 0.135 e. The maximum absolute atomic E-state index is 6.07. The lowest BCUT2D eigenvalue weighted by Crippen LogP contribution is -2.39. The molecule has 0 bridgehead atoms. The van der Waals surface area contributed by atoms with Gasteiger partial charge in [0.2, 0.25) is 0 Å². The molecule has 3 nitrogen and oxygen atoms in total. The van der Waals surface area contributed by atoms with E-state index in [1.165, 1.54) is 72.1 Å². The minimum atomic E-state index is -0.103. The van der Waals surface area contributed by atoms with Gasteiger partial charge < -0.3 is 13.9 Å². The van der Waals surface area contributed by atoms with Crippen molar-refractivity contribution in [1.29, 1.82) is 0 Å². The molecule has 2 aliphatic rings. The van der Waals surface area contributed by atoms with Crippen LogP contribution in [0.4, 0.5) is 11.4 Å². The van der Waals surface area contributed by atoms with Crippen LogP contribution in [0, 0.1) is 0 Å². The summed E-state index contributed by atoms with van der Waals surface area (Å²) in [7, 11) is 0. The fourth-order valence-electron chi connectivity index (χ4n) is 9.72. The molecule has 12 rings (SSSR count). The van der Waals surface area contributed by atoms with Crippen molar-refractivity contribution >= 4 is 55.1 Å². The van der Waals surface area contributed by atoms with Gasteiger partial charge in [-0.25, -0.2) is 0 Å². The molecule has 1 aliphatic heterocycles. The topological polar surface area (TPSA) is 21.3 Å². The summed E-state index contributed by atoms with van der Waals surface area (Å²) < 4.78 is 8.50. The summed E-state index contributed by atoms with van der Waals surface area (Å²) in [6.45, 7) is 2.37. The van der Waals surface area contributed by atoms with E-state index in [2.05, 4.69) is 211 Å². The van der Waals surface area contributed by atoms with Crippen molar-refractivity contribution < 1.29 is 4.42 Å². The first-order valence-corrected chi connectivity index (χ1v) is 20.1. The molecule has 3 heteroatoms. The number of hydrogen-bond donors (Lipinski definition) is 0. The Morgan fingerprint density at radius 3 is 1.88 bits per heavy atom. The van der Waals surface area contributed by atoms with Crippen molar-refractivity contribution in [3.63, 3.8) is 0 Å². The van der Waals surface area contributed by atoms with Gasteiger partial charge in [-0.05, 0) is 107 Å². The summed E-state index contributed by atoms with van der Waals surface area (Å²) in [6, 6.07) is 66.5. The van der Waals surface area contributed by atoms with E-state index in [1.807, 2.05) is 12.1 Å². The van der Waals surface area contributed by atoms with Crippen LogP contribution in [0.2, 0.25) is 0 Å². The highest BCUT2D eigenvalue weighted by Gasteiger charge is 2.46. The average Bonchev–Trinajstić information content (AvgIpc) is 3.91. The number of hydrogen-bond acceptors (Lipinski definition) is 2. The van der Waals surface area contributed by atoms with E-state index in [4.69, 9.17) is 4.42 Å². The van der Waals surface area contributed by atoms with Crippen LogP contribution in [0.25, 0.3) is 82.8 Å². The number of rotatable bonds is 5. The number of fused-ring (bicyclic) bond motifs is 9. The van der Waals surface area contributed by atoms with Gasteiger partial charge in [-0.2, -0.15) is 0 Å². The molecule has 2 unspecified atom stereocenters. The lowest BCUT2D eigenvalue weighted by atomic mass is 9.76. The Balaban J connectivity index is 0.907. The van der Waals surface area contributed by atoms with Crippen molar-refractivity contribution in [3.8, 4) is 39.1 Å². The van der Waals surface area contributed by atoms with Gasteiger partial charge in [-0.15, -0.1) is 0 Å². The molecule has 8 aromatic carbocycles. The van der Waals surface area contributed by atoms with Crippen LogP contribution in [0.5, 0.6) is 0 Å².